The first kappa shape index (κ1) is 13.9. The van der Waals surface area contributed by atoms with E-state index in [-0.39, 0.29) is 11.4 Å². The minimum Gasteiger partial charge on any atom is -0.478 e. The van der Waals surface area contributed by atoms with Crippen LogP contribution >= 0.6 is 0 Å². The van der Waals surface area contributed by atoms with E-state index in [0.717, 1.165) is 6.08 Å². The molecule has 0 fully saturated rings. The largest absolute Gasteiger partial charge is 0.478 e. The van der Waals surface area contributed by atoms with E-state index in [1.807, 2.05) is 0 Å². The SMILES string of the molecule is N#CCNS(=O)(=O)c1ccc(/C=C/C(=O)O)cc1. The number of carbonyl (C=O) groups is 1. The average molecular weight is 266 g/mol. The molecular weight excluding hydrogens is 256 g/mol. The van der Waals surface area contributed by atoms with Crippen LogP contribution in [0.1, 0.15) is 5.56 Å². The summed E-state index contributed by atoms with van der Waals surface area (Å²) in [7, 11) is -3.68. The number of benzene rings is 1. The predicted molar refractivity (Wildman–Crippen MR) is 63.9 cm³/mol. The Morgan fingerprint density at radius 1 is 1.39 bits per heavy atom. The average Bonchev–Trinajstić information content (AvgIpc) is 2.34. The number of rotatable bonds is 5. The van der Waals surface area contributed by atoms with Crippen LogP contribution in [0.2, 0.25) is 0 Å². The molecule has 0 aliphatic rings. The van der Waals surface area contributed by atoms with Crippen molar-refractivity contribution in [2.45, 2.75) is 4.90 Å². The summed E-state index contributed by atoms with van der Waals surface area (Å²) in [6, 6.07) is 7.29. The monoisotopic (exact) mass is 266 g/mol. The summed E-state index contributed by atoms with van der Waals surface area (Å²) in [5.41, 5.74) is 0.566. The van der Waals surface area contributed by atoms with Crippen molar-refractivity contribution in [3.05, 3.63) is 35.9 Å². The van der Waals surface area contributed by atoms with E-state index < -0.39 is 16.0 Å². The van der Waals surface area contributed by atoms with Gasteiger partial charge in [0.1, 0.15) is 0 Å². The van der Waals surface area contributed by atoms with Gasteiger partial charge in [-0.25, -0.2) is 13.2 Å². The van der Waals surface area contributed by atoms with E-state index in [9.17, 15) is 13.2 Å². The van der Waals surface area contributed by atoms with Crippen molar-refractivity contribution >= 4 is 22.1 Å². The molecule has 6 nitrogen and oxygen atoms in total. The second-order valence-electron chi connectivity index (χ2n) is 3.22. The number of nitrogens with zero attached hydrogens (tertiary/aromatic N) is 1. The lowest BCUT2D eigenvalue weighted by Crippen LogP contribution is -2.23. The summed E-state index contributed by atoms with van der Waals surface area (Å²) in [6.07, 6.45) is 2.30. The number of carboxylic acid groups (broad SMARTS) is 1. The normalized spacial score (nSPS) is 11.3. The Balaban J connectivity index is 2.90. The van der Waals surface area contributed by atoms with Crippen LogP contribution in [0.4, 0.5) is 0 Å². The van der Waals surface area contributed by atoms with Crippen LogP contribution in [0.25, 0.3) is 6.08 Å². The molecule has 0 atom stereocenters. The van der Waals surface area contributed by atoms with Crippen LogP contribution in [-0.4, -0.2) is 26.0 Å². The maximum absolute atomic E-state index is 11.6. The van der Waals surface area contributed by atoms with E-state index in [2.05, 4.69) is 4.72 Å². The summed E-state index contributed by atoms with van der Waals surface area (Å²) >= 11 is 0. The van der Waals surface area contributed by atoms with E-state index in [4.69, 9.17) is 10.4 Å². The first-order valence-corrected chi connectivity index (χ1v) is 6.32. The third-order valence-electron chi connectivity index (χ3n) is 1.95. The van der Waals surface area contributed by atoms with Crippen molar-refractivity contribution < 1.29 is 18.3 Å². The van der Waals surface area contributed by atoms with Crippen LogP contribution in [0, 0.1) is 11.3 Å². The van der Waals surface area contributed by atoms with Crippen LogP contribution in [-0.2, 0) is 14.8 Å². The van der Waals surface area contributed by atoms with Crippen molar-refractivity contribution in [2.75, 3.05) is 6.54 Å². The van der Waals surface area contributed by atoms with Gasteiger partial charge >= 0.3 is 5.97 Å². The first-order chi connectivity index (χ1) is 8.45. The maximum atomic E-state index is 11.6. The highest BCUT2D eigenvalue weighted by atomic mass is 32.2. The van der Waals surface area contributed by atoms with Crippen molar-refractivity contribution in [3.63, 3.8) is 0 Å². The zero-order valence-electron chi connectivity index (χ0n) is 9.20. The molecule has 0 radical (unpaired) electrons. The van der Waals surface area contributed by atoms with Crippen molar-refractivity contribution in [2.24, 2.45) is 0 Å². The van der Waals surface area contributed by atoms with Gasteiger partial charge in [-0.2, -0.15) is 9.98 Å². The van der Waals surface area contributed by atoms with E-state index in [1.165, 1.54) is 30.3 Å². The molecule has 2 N–H and O–H groups in total. The fourth-order valence-corrected chi connectivity index (χ4v) is 2.05. The summed E-state index contributed by atoms with van der Waals surface area (Å²) in [6.45, 7) is -0.303. The molecule has 0 bridgehead atoms. The van der Waals surface area contributed by atoms with E-state index in [0.29, 0.717) is 5.56 Å². The molecule has 0 saturated heterocycles. The molecule has 0 aromatic heterocycles. The topological polar surface area (TPSA) is 107 Å². The van der Waals surface area contributed by atoms with Gasteiger partial charge in [-0.1, -0.05) is 12.1 Å². The number of nitriles is 1. The molecule has 1 aromatic carbocycles. The molecule has 94 valence electrons. The summed E-state index contributed by atoms with van der Waals surface area (Å²) in [4.78, 5) is 10.3. The third-order valence-corrected chi connectivity index (χ3v) is 3.37. The Morgan fingerprint density at radius 2 is 2.00 bits per heavy atom. The molecule has 0 aliphatic heterocycles. The molecule has 0 amide bonds. The highest BCUT2D eigenvalue weighted by Crippen LogP contribution is 2.11. The number of aliphatic carboxylic acids is 1. The number of hydrogen-bond acceptors (Lipinski definition) is 4. The standard InChI is InChI=1S/C11H10N2O4S/c12-7-8-13-18(16,17)10-4-1-9(2-5-10)3-6-11(14)15/h1-6,13H,8H2,(H,14,15)/b6-3+. The fraction of sp³-hybridized carbons (Fsp3) is 0.0909. The van der Waals surface area contributed by atoms with Gasteiger partial charge in [-0.05, 0) is 23.8 Å². The molecule has 7 heteroatoms. The smallest absolute Gasteiger partial charge is 0.328 e. The van der Waals surface area contributed by atoms with Crippen molar-refractivity contribution in [3.8, 4) is 6.07 Å². The van der Waals surface area contributed by atoms with Crippen LogP contribution in [0.15, 0.2) is 35.2 Å². The van der Waals surface area contributed by atoms with Gasteiger partial charge in [-0.15, -0.1) is 0 Å². The van der Waals surface area contributed by atoms with Gasteiger partial charge in [0, 0.05) is 6.08 Å². The van der Waals surface area contributed by atoms with Gasteiger partial charge < -0.3 is 5.11 Å². The third kappa shape index (κ3) is 4.01. The molecule has 1 aromatic rings. The van der Waals surface area contributed by atoms with Crippen LogP contribution in [0.5, 0.6) is 0 Å². The van der Waals surface area contributed by atoms with Crippen LogP contribution in [0.3, 0.4) is 0 Å². The highest BCUT2D eigenvalue weighted by Gasteiger charge is 2.12. The minimum absolute atomic E-state index is 0.0187. The molecule has 18 heavy (non-hydrogen) atoms. The predicted octanol–water partition coefficient (Wildman–Crippen LogP) is 0.586. The Labute approximate surface area is 104 Å². The Hall–Kier alpha value is -2.17. The van der Waals surface area contributed by atoms with Crippen molar-refractivity contribution in [1.29, 1.82) is 5.26 Å². The fourth-order valence-electron chi connectivity index (χ4n) is 1.14. The molecular formula is C11H10N2O4S. The van der Waals surface area contributed by atoms with Crippen molar-refractivity contribution in [1.82, 2.24) is 4.72 Å². The second-order valence-corrected chi connectivity index (χ2v) is 4.99. The highest BCUT2D eigenvalue weighted by molar-refractivity contribution is 7.89. The van der Waals surface area contributed by atoms with Gasteiger partial charge in [0.25, 0.3) is 0 Å². The number of nitrogens with one attached hydrogen (secondary N) is 1. The molecule has 0 heterocycles. The van der Waals surface area contributed by atoms with Gasteiger partial charge in [-0.3, -0.25) is 0 Å². The van der Waals surface area contributed by atoms with E-state index in [1.54, 1.807) is 6.07 Å². The zero-order valence-corrected chi connectivity index (χ0v) is 10.0. The molecule has 1 rings (SSSR count). The maximum Gasteiger partial charge on any atom is 0.328 e. The number of sulfonamides is 1. The Morgan fingerprint density at radius 3 is 2.50 bits per heavy atom. The molecule has 0 aliphatic carbocycles. The van der Waals surface area contributed by atoms with Gasteiger partial charge in [0.2, 0.25) is 10.0 Å². The van der Waals surface area contributed by atoms with Gasteiger partial charge in [0.05, 0.1) is 17.5 Å². The summed E-state index contributed by atoms with van der Waals surface area (Å²) in [5.74, 6) is -1.08. The molecule has 0 saturated carbocycles. The lowest BCUT2D eigenvalue weighted by atomic mass is 10.2. The van der Waals surface area contributed by atoms with Crippen LogP contribution < -0.4 is 4.72 Å². The first-order valence-electron chi connectivity index (χ1n) is 4.83. The summed E-state index contributed by atoms with van der Waals surface area (Å²) < 4.78 is 25.3. The Kier molecular flexibility index (Phi) is 4.59. The molecule has 0 spiro atoms. The molecule has 0 unspecified atom stereocenters. The van der Waals surface area contributed by atoms with Gasteiger partial charge in [0.15, 0.2) is 0 Å². The Bertz CT molecular complexity index is 597. The second kappa shape index (κ2) is 5.95. The lowest BCUT2D eigenvalue weighted by molar-refractivity contribution is -0.131. The number of hydrogen-bond donors (Lipinski definition) is 2. The minimum atomic E-state index is -3.68. The quantitative estimate of drug-likeness (QED) is 0.599. The lowest BCUT2D eigenvalue weighted by Gasteiger charge is -2.03. The zero-order chi connectivity index (χ0) is 13.6. The number of carboxylic acids is 1. The van der Waals surface area contributed by atoms with E-state index >= 15 is 0 Å². The summed E-state index contributed by atoms with van der Waals surface area (Å²) in [5, 5.41) is 16.7.